The number of aromatic nitrogens is 1. The summed E-state index contributed by atoms with van der Waals surface area (Å²) in [6.45, 7) is 0.759. The fourth-order valence-electron chi connectivity index (χ4n) is 2.59. The first-order valence-electron chi connectivity index (χ1n) is 6.58. The van der Waals surface area contributed by atoms with Crippen molar-refractivity contribution in [3.8, 4) is 5.75 Å². The van der Waals surface area contributed by atoms with Crippen LogP contribution in [0.1, 0.15) is 22.7 Å². The molecular weight excluding hydrogens is 318 g/mol. The van der Waals surface area contributed by atoms with Crippen molar-refractivity contribution in [3.05, 3.63) is 57.8 Å². The summed E-state index contributed by atoms with van der Waals surface area (Å²) < 4.78 is 6.85. The smallest absolute Gasteiger partial charge is 0.125 e. The Labute approximate surface area is 126 Å². The molecule has 0 saturated heterocycles. The van der Waals surface area contributed by atoms with E-state index in [1.807, 2.05) is 12.1 Å². The molecule has 0 aliphatic carbocycles. The van der Waals surface area contributed by atoms with Crippen molar-refractivity contribution in [1.82, 2.24) is 10.4 Å². The maximum atomic E-state index is 5.76. The maximum absolute atomic E-state index is 5.76. The van der Waals surface area contributed by atoms with Crippen LogP contribution in [0.3, 0.4) is 0 Å². The Morgan fingerprint density at radius 1 is 1.35 bits per heavy atom. The molecule has 1 aromatic heterocycles. The molecule has 0 saturated carbocycles. The van der Waals surface area contributed by atoms with Crippen LogP contribution in [0.15, 0.2) is 41.1 Å². The van der Waals surface area contributed by atoms with E-state index in [0.717, 1.165) is 35.2 Å². The highest BCUT2D eigenvalue weighted by molar-refractivity contribution is 9.10. The second-order valence-electron chi connectivity index (χ2n) is 4.86. The molecule has 3 rings (SSSR count). The molecule has 3 N–H and O–H groups in total. The molecule has 0 spiro atoms. The van der Waals surface area contributed by atoms with Gasteiger partial charge in [0.15, 0.2) is 0 Å². The summed E-state index contributed by atoms with van der Waals surface area (Å²) in [5.41, 5.74) is 6.44. The number of fused-ring (bicyclic) bond motifs is 1. The zero-order chi connectivity index (χ0) is 13.9. The molecule has 5 heteroatoms. The zero-order valence-corrected chi connectivity index (χ0v) is 12.6. The summed E-state index contributed by atoms with van der Waals surface area (Å²) in [6.07, 6.45) is 5.31. The lowest BCUT2D eigenvalue weighted by molar-refractivity contribution is 0.351. The number of halogens is 1. The van der Waals surface area contributed by atoms with E-state index < -0.39 is 0 Å². The van der Waals surface area contributed by atoms with Gasteiger partial charge in [0.1, 0.15) is 5.75 Å². The van der Waals surface area contributed by atoms with Crippen molar-refractivity contribution in [2.75, 3.05) is 6.61 Å². The first-order valence-corrected chi connectivity index (χ1v) is 7.37. The minimum atomic E-state index is 0.0422. The van der Waals surface area contributed by atoms with E-state index in [4.69, 9.17) is 10.6 Å². The number of hydrazine groups is 1. The normalized spacial score (nSPS) is 14.7. The molecule has 4 nitrogen and oxygen atoms in total. The molecule has 1 atom stereocenters. The van der Waals surface area contributed by atoms with Gasteiger partial charge in [-0.05, 0) is 47.4 Å². The monoisotopic (exact) mass is 333 g/mol. The van der Waals surface area contributed by atoms with E-state index >= 15 is 0 Å². The van der Waals surface area contributed by atoms with Crippen LogP contribution in [-0.2, 0) is 12.8 Å². The van der Waals surface area contributed by atoms with E-state index in [9.17, 15) is 0 Å². The zero-order valence-electron chi connectivity index (χ0n) is 11.0. The van der Waals surface area contributed by atoms with Gasteiger partial charge in [-0.15, -0.1) is 0 Å². The minimum Gasteiger partial charge on any atom is -0.493 e. The van der Waals surface area contributed by atoms with E-state index in [2.05, 4.69) is 38.5 Å². The minimum absolute atomic E-state index is 0.0422. The summed E-state index contributed by atoms with van der Waals surface area (Å²) in [7, 11) is 0. The van der Waals surface area contributed by atoms with Gasteiger partial charge in [-0.2, -0.15) is 0 Å². The van der Waals surface area contributed by atoms with E-state index in [-0.39, 0.29) is 6.04 Å². The predicted molar refractivity (Wildman–Crippen MR) is 81.3 cm³/mol. The third kappa shape index (κ3) is 2.70. The fraction of sp³-hybridized carbons (Fsp3) is 0.267. The third-order valence-corrected chi connectivity index (χ3v) is 4.02. The van der Waals surface area contributed by atoms with Crippen molar-refractivity contribution in [1.29, 1.82) is 0 Å². The van der Waals surface area contributed by atoms with Gasteiger partial charge >= 0.3 is 0 Å². The molecule has 0 radical (unpaired) electrons. The Morgan fingerprint density at radius 3 is 2.90 bits per heavy atom. The summed E-state index contributed by atoms with van der Waals surface area (Å²) >= 11 is 3.57. The molecule has 2 heterocycles. The van der Waals surface area contributed by atoms with Crippen LogP contribution in [0, 0.1) is 0 Å². The molecular formula is C15H16BrN3O. The van der Waals surface area contributed by atoms with Crippen molar-refractivity contribution in [2.24, 2.45) is 5.84 Å². The van der Waals surface area contributed by atoms with Crippen LogP contribution in [0.2, 0.25) is 0 Å². The van der Waals surface area contributed by atoms with E-state index in [1.54, 1.807) is 12.4 Å². The molecule has 20 heavy (non-hydrogen) atoms. The Morgan fingerprint density at radius 2 is 2.15 bits per heavy atom. The Balaban J connectivity index is 1.91. The van der Waals surface area contributed by atoms with E-state index in [0.29, 0.717) is 0 Å². The van der Waals surface area contributed by atoms with Crippen LogP contribution in [0.5, 0.6) is 5.75 Å². The highest BCUT2D eigenvalue weighted by Crippen LogP contribution is 2.35. The fourth-order valence-corrected chi connectivity index (χ4v) is 3.14. The van der Waals surface area contributed by atoms with Crippen molar-refractivity contribution >= 4 is 15.9 Å². The van der Waals surface area contributed by atoms with Gasteiger partial charge in [-0.3, -0.25) is 16.3 Å². The predicted octanol–water partition coefficient (Wildman–Crippen LogP) is 2.53. The molecule has 1 unspecified atom stereocenters. The Kier molecular flexibility index (Phi) is 4.00. The largest absolute Gasteiger partial charge is 0.493 e. The highest BCUT2D eigenvalue weighted by Gasteiger charge is 2.20. The number of nitrogens with one attached hydrogen (secondary N) is 1. The van der Waals surface area contributed by atoms with Crippen LogP contribution in [0.4, 0.5) is 0 Å². The highest BCUT2D eigenvalue weighted by atomic mass is 79.9. The maximum Gasteiger partial charge on any atom is 0.125 e. The third-order valence-electron chi connectivity index (χ3n) is 3.56. The standard InChI is InChI=1S/C15H16BrN3O/c16-13-7-11-3-6-20-15(11)12(8-13)9-14(19-17)10-1-4-18-5-2-10/h1-2,4-5,7-8,14,19H,3,6,9,17H2. The van der Waals surface area contributed by atoms with Gasteiger partial charge in [0.05, 0.1) is 12.6 Å². The lowest BCUT2D eigenvalue weighted by atomic mass is 9.98. The number of nitrogens with two attached hydrogens (primary N) is 1. The number of pyridine rings is 1. The van der Waals surface area contributed by atoms with Crippen LogP contribution >= 0.6 is 15.9 Å². The lowest BCUT2D eigenvalue weighted by Gasteiger charge is -2.18. The average Bonchev–Trinajstić information content (AvgIpc) is 2.93. The summed E-state index contributed by atoms with van der Waals surface area (Å²) in [6, 6.07) is 8.23. The molecule has 2 aromatic rings. The van der Waals surface area contributed by atoms with E-state index in [1.165, 1.54) is 11.1 Å². The Bertz CT molecular complexity index is 604. The Hall–Kier alpha value is -1.43. The van der Waals surface area contributed by atoms with Gasteiger partial charge < -0.3 is 4.74 Å². The molecule has 1 aromatic carbocycles. The van der Waals surface area contributed by atoms with Crippen molar-refractivity contribution in [3.63, 3.8) is 0 Å². The van der Waals surface area contributed by atoms with Gasteiger partial charge in [0.2, 0.25) is 0 Å². The van der Waals surface area contributed by atoms with Gasteiger partial charge in [-0.25, -0.2) is 0 Å². The number of ether oxygens (including phenoxy) is 1. The SMILES string of the molecule is NNC(Cc1cc(Br)cc2c1OCC2)c1ccncc1. The van der Waals surface area contributed by atoms with Crippen molar-refractivity contribution in [2.45, 2.75) is 18.9 Å². The second kappa shape index (κ2) is 5.91. The molecule has 1 aliphatic heterocycles. The van der Waals surface area contributed by atoms with Gasteiger partial charge in [0, 0.05) is 23.3 Å². The summed E-state index contributed by atoms with van der Waals surface area (Å²) in [5.74, 6) is 6.73. The number of hydrogen-bond donors (Lipinski definition) is 2. The molecule has 104 valence electrons. The van der Waals surface area contributed by atoms with Crippen LogP contribution in [-0.4, -0.2) is 11.6 Å². The van der Waals surface area contributed by atoms with Crippen LogP contribution < -0.4 is 16.0 Å². The first-order chi connectivity index (χ1) is 9.78. The van der Waals surface area contributed by atoms with Gasteiger partial charge in [-0.1, -0.05) is 15.9 Å². The molecule has 1 aliphatic rings. The number of hydrogen-bond acceptors (Lipinski definition) is 4. The molecule has 0 bridgehead atoms. The summed E-state index contributed by atoms with van der Waals surface area (Å²) in [5, 5.41) is 0. The lowest BCUT2D eigenvalue weighted by Crippen LogP contribution is -2.29. The van der Waals surface area contributed by atoms with Gasteiger partial charge in [0.25, 0.3) is 0 Å². The molecule has 0 amide bonds. The molecule has 0 fully saturated rings. The number of benzene rings is 1. The topological polar surface area (TPSA) is 60.2 Å². The quantitative estimate of drug-likeness (QED) is 0.666. The number of nitrogens with zero attached hydrogens (tertiary/aromatic N) is 1. The summed E-state index contributed by atoms with van der Waals surface area (Å²) in [4.78, 5) is 4.04. The number of rotatable bonds is 4. The van der Waals surface area contributed by atoms with Crippen LogP contribution in [0.25, 0.3) is 0 Å². The second-order valence-corrected chi connectivity index (χ2v) is 5.77. The average molecular weight is 334 g/mol. The van der Waals surface area contributed by atoms with Crippen molar-refractivity contribution < 1.29 is 4.74 Å². The first kappa shape index (κ1) is 13.5.